The van der Waals surface area contributed by atoms with E-state index in [1.54, 1.807) is 0 Å². The van der Waals surface area contributed by atoms with Crippen LogP contribution in [0, 0.1) is 6.92 Å². The maximum absolute atomic E-state index is 4.50. The molecular formula is C17H25N3. The predicted octanol–water partition coefficient (Wildman–Crippen LogP) is 3.95. The summed E-state index contributed by atoms with van der Waals surface area (Å²) in [5.41, 5.74) is 6.42. The van der Waals surface area contributed by atoms with E-state index in [4.69, 9.17) is 0 Å². The van der Waals surface area contributed by atoms with Crippen LogP contribution in [0.3, 0.4) is 0 Å². The van der Waals surface area contributed by atoms with Crippen LogP contribution < -0.4 is 5.32 Å². The molecule has 0 fully saturated rings. The van der Waals surface area contributed by atoms with E-state index < -0.39 is 0 Å². The number of aryl methyl sites for hydroxylation is 4. The van der Waals surface area contributed by atoms with Crippen molar-refractivity contribution < 1.29 is 0 Å². The van der Waals surface area contributed by atoms with Crippen molar-refractivity contribution in [2.45, 2.75) is 53.6 Å². The lowest BCUT2D eigenvalue weighted by Crippen LogP contribution is -2.10. The number of para-hydroxylation sites is 1. The fourth-order valence-corrected chi connectivity index (χ4v) is 2.66. The van der Waals surface area contributed by atoms with E-state index in [-0.39, 0.29) is 0 Å². The van der Waals surface area contributed by atoms with Gasteiger partial charge in [-0.15, -0.1) is 0 Å². The molecule has 0 spiro atoms. The maximum atomic E-state index is 4.50. The molecule has 20 heavy (non-hydrogen) atoms. The monoisotopic (exact) mass is 271 g/mol. The Kier molecular flexibility index (Phi) is 4.83. The minimum Gasteiger partial charge on any atom is -0.379 e. The van der Waals surface area contributed by atoms with Crippen molar-refractivity contribution >= 4 is 5.69 Å². The van der Waals surface area contributed by atoms with Crippen LogP contribution in [0.5, 0.6) is 0 Å². The number of nitrogens with one attached hydrogen (secondary N) is 1. The molecule has 0 bridgehead atoms. The second-order valence-electron chi connectivity index (χ2n) is 5.10. The first-order valence-electron chi connectivity index (χ1n) is 7.57. The van der Waals surface area contributed by atoms with E-state index in [9.17, 15) is 0 Å². The van der Waals surface area contributed by atoms with Gasteiger partial charge in [0.15, 0.2) is 0 Å². The summed E-state index contributed by atoms with van der Waals surface area (Å²) in [4.78, 5) is 0. The molecular weight excluding hydrogens is 246 g/mol. The lowest BCUT2D eigenvalue weighted by molar-refractivity contribution is 0.622. The Hall–Kier alpha value is -1.77. The van der Waals surface area contributed by atoms with Gasteiger partial charge in [-0.1, -0.05) is 32.0 Å². The van der Waals surface area contributed by atoms with Crippen molar-refractivity contribution in [1.29, 1.82) is 0 Å². The number of benzene rings is 1. The Morgan fingerprint density at radius 3 is 2.30 bits per heavy atom. The number of nitrogens with zero attached hydrogens (tertiary/aromatic N) is 2. The number of rotatable bonds is 6. The van der Waals surface area contributed by atoms with Gasteiger partial charge in [0.1, 0.15) is 0 Å². The van der Waals surface area contributed by atoms with Gasteiger partial charge in [-0.05, 0) is 43.9 Å². The molecule has 1 heterocycles. The summed E-state index contributed by atoms with van der Waals surface area (Å²) in [6.07, 6.45) is 2.12. The molecule has 0 atom stereocenters. The molecule has 0 saturated carbocycles. The Bertz CT molecular complexity index is 547. The van der Waals surface area contributed by atoms with E-state index in [1.165, 1.54) is 22.5 Å². The van der Waals surface area contributed by atoms with Crippen molar-refractivity contribution in [2.75, 3.05) is 5.32 Å². The minimum atomic E-state index is 0.832. The molecule has 0 aliphatic heterocycles. The third-order valence-corrected chi connectivity index (χ3v) is 3.73. The summed E-state index contributed by atoms with van der Waals surface area (Å²) in [5.74, 6) is 0. The molecule has 0 amide bonds. The van der Waals surface area contributed by atoms with Gasteiger partial charge in [0.05, 0.1) is 17.9 Å². The van der Waals surface area contributed by atoms with Gasteiger partial charge >= 0.3 is 0 Å². The van der Waals surface area contributed by atoms with Crippen molar-refractivity contribution in [3.63, 3.8) is 0 Å². The second-order valence-corrected chi connectivity index (χ2v) is 5.10. The average Bonchev–Trinajstić information content (AvgIpc) is 2.84. The predicted molar refractivity (Wildman–Crippen MR) is 85.2 cm³/mol. The quantitative estimate of drug-likeness (QED) is 0.862. The van der Waals surface area contributed by atoms with Crippen LogP contribution in [0.2, 0.25) is 0 Å². The van der Waals surface area contributed by atoms with Crippen LogP contribution in [0.1, 0.15) is 43.3 Å². The molecule has 1 aromatic carbocycles. The molecule has 108 valence electrons. The van der Waals surface area contributed by atoms with Gasteiger partial charge in [-0.25, -0.2) is 0 Å². The summed E-state index contributed by atoms with van der Waals surface area (Å²) in [7, 11) is 0. The zero-order valence-electron chi connectivity index (χ0n) is 13.0. The van der Waals surface area contributed by atoms with E-state index in [0.717, 1.165) is 31.6 Å². The number of anilines is 1. The average molecular weight is 271 g/mol. The lowest BCUT2D eigenvalue weighted by atomic mass is 10.0. The number of aromatic nitrogens is 2. The smallest absolute Gasteiger partial charge is 0.0597 e. The van der Waals surface area contributed by atoms with E-state index >= 15 is 0 Å². The third kappa shape index (κ3) is 3.03. The summed E-state index contributed by atoms with van der Waals surface area (Å²) >= 11 is 0. The Labute approximate surface area is 122 Å². The van der Waals surface area contributed by atoms with Gasteiger partial charge in [-0.2, -0.15) is 5.10 Å². The molecule has 3 heteroatoms. The summed E-state index contributed by atoms with van der Waals surface area (Å²) in [6, 6.07) is 8.74. The SMILES string of the molecule is CCc1cccc(CC)c1NCc1cc(C)nn1CC. The first-order chi connectivity index (χ1) is 9.69. The van der Waals surface area contributed by atoms with Gasteiger partial charge < -0.3 is 5.32 Å². The molecule has 0 radical (unpaired) electrons. The molecule has 0 aliphatic carbocycles. The summed E-state index contributed by atoms with van der Waals surface area (Å²) in [6.45, 7) is 10.3. The van der Waals surface area contributed by atoms with Gasteiger partial charge in [0, 0.05) is 12.2 Å². The van der Waals surface area contributed by atoms with Crippen LogP contribution in [0.4, 0.5) is 5.69 Å². The van der Waals surface area contributed by atoms with Gasteiger partial charge in [0.25, 0.3) is 0 Å². The molecule has 2 aromatic rings. The molecule has 0 aliphatic rings. The highest BCUT2D eigenvalue weighted by Gasteiger charge is 2.08. The summed E-state index contributed by atoms with van der Waals surface area (Å²) in [5, 5.41) is 8.13. The topological polar surface area (TPSA) is 29.9 Å². The Balaban J connectivity index is 2.22. The van der Waals surface area contributed by atoms with Crippen molar-refractivity contribution in [3.8, 4) is 0 Å². The normalized spacial score (nSPS) is 10.8. The highest BCUT2D eigenvalue weighted by Crippen LogP contribution is 2.23. The molecule has 0 unspecified atom stereocenters. The van der Waals surface area contributed by atoms with Crippen LogP contribution in [-0.2, 0) is 25.9 Å². The van der Waals surface area contributed by atoms with Crippen molar-refractivity contribution in [2.24, 2.45) is 0 Å². The van der Waals surface area contributed by atoms with Gasteiger partial charge in [-0.3, -0.25) is 4.68 Å². The highest BCUT2D eigenvalue weighted by atomic mass is 15.3. The highest BCUT2D eigenvalue weighted by molar-refractivity contribution is 5.58. The van der Waals surface area contributed by atoms with Gasteiger partial charge in [0.2, 0.25) is 0 Å². The molecule has 1 N–H and O–H groups in total. The fourth-order valence-electron chi connectivity index (χ4n) is 2.66. The molecule has 3 nitrogen and oxygen atoms in total. The zero-order valence-corrected chi connectivity index (χ0v) is 13.0. The number of hydrogen-bond donors (Lipinski definition) is 1. The fraction of sp³-hybridized carbons (Fsp3) is 0.471. The Morgan fingerprint density at radius 1 is 1.10 bits per heavy atom. The van der Waals surface area contributed by atoms with Crippen LogP contribution >= 0.6 is 0 Å². The minimum absolute atomic E-state index is 0.832. The first-order valence-corrected chi connectivity index (χ1v) is 7.57. The number of hydrogen-bond acceptors (Lipinski definition) is 2. The Morgan fingerprint density at radius 2 is 1.75 bits per heavy atom. The zero-order chi connectivity index (χ0) is 14.5. The summed E-state index contributed by atoms with van der Waals surface area (Å²) < 4.78 is 2.07. The largest absolute Gasteiger partial charge is 0.379 e. The molecule has 1 aromatic heterocycles. The molecule has 2 rings (SSSR count). The molecule has 0 saturated heterocycles. The third-order valence-electron chi connectivity index (χ3n) is 3.73. The van der Waals surface area contributed by atoms with E-state index in [0.29, 0.717) is 0 Å². The van der Waals surface area contributed by atoms with Crippen LogP contribution in [-0.4, -0.2) is 9.78 Å². The van der Waals surface area contributed by atoms with Crippen molar-refractivity contribution in [1.82, 2.24) is 9.78 Å². The lowest BCUT2D eigenvalue weighted by Gasteiger charge is -2.15. The second kappa shape index (κ2) is 6.60. The maximum Gasteiger partial charge on any atom is 0.0597 e. The van der Waals surface area contributed by atoms with E-state index in [1.807, 2.05) is 6.92 Å². The standard InChI is InChI=1S/C17H25N3/c1-5-14-9-8-10-15(6-2)17(14)18-12-16-11-13(4)19-20(16)7-3/h8-11,18H,5-7,12H2,1-4H3. The van der Waals surface area contributed by atoms with Crippen LogP contribution in [0.25, 0.3) is 0 Å². The van der Waals surface area contributed by atoms with Crippen LogP contribution in [0.15, 0.2) is 24.3 Å². The van der Waals surface area contributed by atoms with Crippen molar-refractivity contribution in [3.05, 3.63) is 46.8 Å². The first kappa shape index (κ1) is 14.6. The van der Waals surface area contributed by atoms with E-state index in [2.05, 4.69) is 60.1 Å².